The number of imide groups is 1. The van der Waals surface area contributed by atoms with Gasteiger partial charge in [0.05, 0.1) is 23.7 Å². The lowest BCUT2D eigenvalue weighted by Crippen LogP contribution is -2.50. The number of benzene rings is 2. The molecule has 34 heavy (non-hydrogen) atoms. The van der Waals surface area contributed by atoms with Crippen LogP contribution in [0.1, 0.15) is 5.56 Å². The Hall–Kier alpha value is -3.86. The van der Waals surface area contributed by atoms with Crippen LogP contribution >= 0.6 is 11.8 Å². The van der Waals surface area contributed by atoms with Crippen molar-refractivity contribution in [2.75, 3.05) is 31.1 Å². The van der Waals surface area contributed by atoms with Crippen molar-refractivity contribution < 1.29 is 28.3 Å². The molecule has 11 heteroatoms. The minimum atomic E-state index is -0.890. The predicted octanol–water partition coefficient (Wildman–Crippen LogP) is 1.73. The molecule has 0 radical (unpaired) electrons. The number of thioether (sulfide) groups is 1. The molecular formula is C23H21FN4O5S. The number of nitrogens with zero attached hydrogens (tertiary/aromatic N) is 2. The molecule has 0 aromatic heterocycles. The van der Waals surface area contributed by atoms with E-state index in [4.69, 9.17) is 10.5 Å². The van der Waals surface area contributed by atoms with Gasteiger partial charge in [0, 0.05) is 18.7 Å². The number of hydrogen-bond donors (Lipinski definition) is 2. The van der Waals surface area contributed by atoms with Crippen LogP contribution in [0.2, 0.25) is 0 Å². The highest BCUT2D eigenvalue weighted by atomic mass is 32.2. The van der Waals surface area contributed by atoms with E-state index in [0.717, 1.165) is 16.7 Å². The lowest BCUT2D eigenvalue weighted by Gasteiger charge is -2.34. The van der Waals surface area contributed by atoms with E-state index in [1.54, 1.807) is 35.2 Å². The number of nitrogens with two attached hydrogens (primary N) is 1. The van der Waals surface area contributed by atoms with Crippen molar-refractivity contribution in [1.29, 1.82) is 0 Å². The minimum absolute atomic E-state index is 0.0331. The van der Waals surface area contributed by atoms with Crippen LogP contribution in [0.4, 0.5) is 14.9 Å². The van der Waals surface area contributed by atoms with Crippen molar-refractivity contribution in [3.05, 3.63) is 64.8 Å². The van der Waals surface area contributed by atoms with Gasteiger partial charge in [-0.05, 0) is 36.0 Å². The van der Waals surface area contributed by atoms with E-state index < -0.39 is 29.0 Å². The summed E-state index contributed by atoms with van der Waals surface area (Å²) >= 11 is 0.721. The van der Waals surface area contributed by atoms with E-state index in [9.17, 15) is 23.6 Å². The first-order valence-corrected chi connectivity index (χ1v) is 11.2. The van der Waals surface area contributed by atoms with Crippen molar-refractivity contribution in [3.63, 3.8) is 0 Å². The molecule has 2 aromatic rings. The summed E-state index contributed by atoms with van der Waals surface area (Å²) < 4.78 is 19.4. The van der Waals surface area contributed by atoms with Gasteiger partial charge in [-0.25, -0.2) is 4.39 Å². The summed E-state index contributed by atoms with van der Waals surface area (Å²) in [6.07, 6.45) is 0.448. The third kappa shape index (κ3) is 5.04. The fraction of sp³-hybridized carbons (Fsp3) is 0.217. The van der Waals surface area contributed by atoms with Gasteiger partial charge < -0.3 is 20.7 Å². The molecule has 4 amide bonds. The smallest absolute Gasteiger partial charge is 0.293 e. The highest BCUT2D eigenvalue weighted by Crippen LogP contribution is 2.33. The molecule has 2 aliphatic rings. The van der Waals surface area contributed by atoms with Crippen LogP contribution < -0.4 is 20.7 Å². The Morgan fingerprint density at radius 3 is 2.68 bits per heavy atom. The summed E-state index contributed by atoms with van der Waals surface area (Å²) in [4.78, 5) is 51.8. The van der Waals surface area contributed by atoms with Crippen LogP contribution in [0.3, 0.4) is 0 Å². The molecule has 2 aromatic carbocycles. The van der Waals surface area contributed by atoms with E-state index in [1.165, 1.54) is 24.3 Å². The molecule has 0 spiro atoms. The number of rotatable bonds is 7. The van der Waals surface area contributed by atoms with Crippen LogP contribution in [0, 0.1) is 5.82 Å². The number of anilines is 1. The number of primary amides is 1. The number of carbonyl (C=O) groups excluding carboxylic acids is 4. The molecule has 1 atom stereocenters. The Bertz CT molecular complexity index is 1190. The van der Waals surface area contributed by atoms with E-state index in [-0.39, 0.29) is 42.6 Å². The largest absolute Gasteiger partial charge is 0.477 e. The first kappa shape index (κ1) is 23.3. The van der Waals surface area contributed by atoms with Crippen LogP contribution in [0.5, 0.6) is 5.75 Å². The number of amides is 4. The van der Waals surface area contributed by atoms with Crippen LogP contribution in [0.15, 0.2) is 53.4 Å². The summed E-state index contributed by atoms with van der Waals surface area (Å²) in [5.41, 5.74) is 6.24. The number of para-hydroxylation sites is 2. The van der Waals surface area contributed by atoms with Gasteiger partial charge in [-0.3, -0.25) is 24.1 Å². The van der Waals surface area contributed by atoms with E-state index in [1.807, 2.05) is 0 Å². The van der Waals surface area contributed by atoms with Crippen LogP contribution in [-0.2, 0) is 14.4 Å². The lowest BCUT2D eigenvalue weighted by atomic mass is 10.2. The SMILES string of the molecule is NC(=O)C1CN(CC(=O)NCCN2C(=O)SC(=Cc3ccccc3F)C2=O)c2ccccc2O1. The number of nitrogens with one attached hydrogen (secondary N) is 1. The predicted molar refractivity (Wildman–Crippen MR) is 124 cm³/mol. The molecule has 2 aliphatic heterocycles. The molecule has 9 nitrogen and oxygen atoms in total. The molecule has 176 valence electrons. The van der Waals surface area contributed by atoms with E-state index in [0.29, 0.717) is 11.4 Å². The maximum Gasteiger partial charge on any atom is 0.293 e. The molecule has 3 N–H and O–H groups in total. The van der Waals surface area contributed by atoms with Crippen molar-refractivity contribution in [1.82, 2.24) is 10.2 Å². The van der Waals surface area contributed by atoms with Gasteiger partial charge in [0.2, 0.25) is 5.91 Å². The van der Waals surface area contributed by atoms with Crippen molar-refractivity contribution in [2.45, 2.75) is 6.10 Å². The zero-order chi connectivity index (χ0) is 24.2. The maximum absolute atomic E-state index is 13.9. The van der Waals surface area contributed by atoms with Gasteiger partial charge in [-0.15, -0.1) is 0 Å². The molecule has 1 unspecified atom stereocenters. The number of hydrogen-bond acceptors (Lipinski definition) is 7. The van der Waals surface area contributed by atoms with Crippen LogP contribution in [-0.4, -0.2) is 60.1 Å². The Kier molecular flexibility index (Phi) is 6.82. The zero-order valence-corrected chi connectivity index (χ0v) is 18.7. The summed E-state index contributed by atoms with van der Waals surface area (Å²) in [7, 11) is 0. The van der Waals surface area contributed by atoms with Crippen molar-refractivity contribution in [2.24, 2.45) is 5.73 Å². The molecule has 0 saturated carbocycles. The van der Waals surface area contributed by atoms with E-state index >= 15 is 0 Å². The molecule has 0 aliphatic carbocycles. The fourth-order valence-electron chi connectivity index (χ4n) is 3.57. The molecule has 1 fully saturated rings. The first-order valence-electron chi connectivity index (χ1n) is 10.4. The van der Waals surface area contributed by atoms with Gasteiger partial charge in [0.15, 0.2) is 6.10 Å². The summed E-state index contributed by atoms with van der Waals surface area (Å²) in [6, 6.07) is 12.9. The third-order valence-corrected chi connectivity index (χ3v) is 6.14. The Morgan fingerprint density at radius 2 is 1.91 bits per heavy atom. The van der Waals surface area contributed by atoms with Crippen molar-refractivity contribution >= 4 is 46.5 Å². The van der Waals surface area contributed by atoms with Crippen molar-refractivity contribution in [3.8, 4) is 5.75 Å². The molecule has 2 heterocycles. The normalized spacial score (nSPS) is 18.6. The zero-order valence-electron chi connectivity index (χ0n) is 17.9. The quantitative estimate of drug-likeness (QED) is 0.574. The molecular weight excluding hydrogens is 463 g/mol. The standard InChI is InChI=1S/C23H21FN4O5S/c24-15-6-2-1-5-14(15)11-19-22(31)28(23(32)34-19)10-9-26-20(29)13-27-12-18(21(25)30)33-17-8-4-3-7-16(17)27/h1-8,11,18H,9-10,12-13H2,(H2,25,30)(H,26,29). The second kappa shape index (κ2) is 9.96. The number of halogens is 1. The topological polar surface area (TPSA) is 122 Å². The highest BCUT2D eigenvalue weighted by molar-refractivity contribution is 8.18. The first-order chi connectivity index (χ1) is 16.3. The summed E-state index contributed by atoms with van der Waals surface area (Å²) in [5, 5.41) is 2.18. The Morgan fingerprint density at radius 1 is 1.18 bits per heavy atom. The third-order valence-electron chi connectivity index (χ3n) is 5.24. The number of ether oxygens (including phenoxy) is 1. The second-order valence-corrected chi connectivity index (χ2v) is 8.56. The van der Waals surface area contributed by atoms with Gasteiger partial charge in [0.1, 0.15) is 11.6 Å². The van der Waals surface area contributed by atoms with E-state index in [2.05, 4.69) is 5.32 Å². The number of carbonyl (C=O) groups is 4. The second-order valence-electron chi connectivity index (χ2n) is 7.56. The average molecular weight is 485 g/mol. The van der Waals surface area contributed by atoms with Gasteiger partial charge in [0.25, 0.3) is 17.1 Å². The van der Waals surface area contributed by atoms with Gasteiger partial charge in [-0.1, -0.05) is 30.3 Å². The van der Waals surface area contributed by atoms with Crippen LogP contribution in [0.25, 0.3) is 6.08 Å². The molecule has 1 saturated heterocycles. The molecule has 0 bridgehead atoms. The molecule has 4 rings (SSSR count). The lowest BCUT2D eigenvalue weighted by molar-refractivity contribution is -0.125. The van der Waals surface area contributed by atoms with Gasteiger partial charge in [-0.2, -0.15) is 0 Å². The average Bonchev–Trinajstić information content (AvgIpc) is 3.07. The maximum atomic E-state index is 13.9. The summed E-state index contributed by atoms with van der Waals surface area (Å²) in [6.45, 7) is 0.0483. The highest BCUT2D eigenvalue weighted by Gasteiger charge is 2.35. The Balaban J connectivity index is 1.33. The fourth-order valence-corrected chi connectivity index (χ4v) is 4.42. The van der Waals surface area contributed by atoms with Gasteiger partial charge >= 0.3 is 0 Å². The Labute approximate surface area is 198 Å². The minimum Gasteiger partial charge on any atom is -0.477 e. The monoisotopic (exact) mass is 484 g/mol. The summed E-state index contributed by atoms with van der Waals surface area (Å²) in [5.74, 6) is -1.59. The number of fused-ring (bicyclic) bond motifs is 1.